The molecule has 2 fully saturated rings. The number of rotatable bonds is 6. The van der Waals surface area contributed by atoms with Crippen molar-refractivity contribution in [3.63, 3.8) is 0 Å². The first-order valence-corrected chi connectivity index (χ1v) is 15.8. The third-order valence-corrected chi connectivity index (χ3v) is 10.9. The lowest BCUT2D eigenvalue weighted by molar-refractivity contribution is -0.138. The zero-order valence-corrected chi connectivity index (χ0v) is 24.3. The molecule has 1 unspecified atom stereocenters. The number of amides is 3. The molecule has 40 heavy (non-hydrogen) atoms. The lowest BCUT2D eigenvalue weighted by Crippen LogP contribution is -2.57. The summed E-state index contributed by atoms with van der Waals surface area (Å²) < 4.78 is 28.7. The highest BCUT2D eigenvalue weighted by molar-refractivity contribution is 7.89. The standard InChI is InChI=1S/C26H29ClN6O5S2/c1-30-8-7-20-21(15-30)39-25(29-20)26(36)32-11-10-31(14-18(32)6-9-33-23(34)4-5-24(33)35)40(37,38)22-13-16-12-17(27)2-3-19(16)28-22/h2-3,12-13,18,28H,4-11,14-15H2,1H3. The monoisotopic (exact) mass is 604 g/mol. The van der Waals surface area contributed by atoms with E-state index in [-0.39, 0.29) is 68.2 Å². The molecule has 1 atom stereocenters. The smallest absolute Gasteiger partial charge is 0.283 e. The second-order valence-corrected chi connectivity index (χ2v) is 13.9. The third-order valence-electron chi connectivity index (χ3n) is 7.83. The van der Waals surface area contributed by atoms with Crippen LogP contribution in [0.3, 0.4) is 0 Å². The van der Waals surface area contributed by atoms with Crippen LogP contribution in [0.2, 0.25) is 5.02 Å². The molecular formula is C26H29ClN6O5S2. The Labute approximate surface area is 240 Å². The van der Waals surface area contributed by atoms with Gasteiger partial charge in [-0.05, 0) is 37.7 Å². The van der Waals surface area contributed by atoms with Crippen molar-refractivity contribution in [2.75, 3.05) is 39.8 Å². The van der Waals surface area contributed by atoms with E-state index in [2.05, 4.69) is 14.9 Å². The Morgan fingerprint density at radius 2 is 1.90 bits per heavy atom. The highest BCUT2D eigenvalue weighted by Gasteiger charge is 2.39. The lowest BCUT2D eigenvalue weighted by Gasteiger charge is -2.40. The van der Waals surface area contributed by atoms with Gasteiger partial charge in [0.05, 0.1) is 5.69 Å². The molecule has 3 amide bonds. The maximum atomic E-state index is 13.7. The molecule has 1 N–H and O–H groups in total. The van der Waals surface area contributed by atoms with Gasteiger partial charge in [-0.15, -0.1) is 11.3 Å². The van der Waals surface area contributed by atoms with Crippen molar-refractivity contribution >= 4 is 61.6 Å². The van der Waals surface area contributed by atoms with Crippen LogP contribution in [0.4, 0.5) is 0 Å². The number of benzene rings is 1. The topological polar surface area (TPSA) is 127 Å². The van der Waals surface area contributed by atoms with Crippen LogP contribution in [0.1, 0.15) is 39.6 Å². The molecule has 5 heterocycles. The minimum Gasteiger partial charge on any atom is -0.345 e. The van der Waals surface area contributed by atoms with Crippen LogP contribution < -0.4 is 0 Å². The molecule has 0 bridgehead atoms. The van der Waals surface area contributed by atoms with Crippen molar-refractivity contribution < 1.29 is 22.8 Å². The van der Waals surface area contributed by atoms with Gasteiger partial charge in [0.2, 0.25) is 11.8 Å². The largest absolute Gasteiger partial charge is 0.345 e. The van der Waals surface area contributed by atoms with Gasteiger partial charge in [-0.1, -0.05) is 11.6 Å². The molecule has 3 aromatic rings. The average molecular weight is 605 g/mol. The van der Waals surface area contributed by atoms with Crippen LogP contribution >= 0.6 is 22.9 Å². The number of H-pyrrole nitrogens is 1. The summed E-state index contributed by atoms with van der Waals surface area (Å²) in [6.07, 6.45) is 1.40. The first kappa shape index (κ1) is 27.3. The number of likely N-dealkylation sites (N-methyl/N-ethyl adjacent to an activating group) is 1. The maximum Gasteiger partial charge on any atom is 0.283 e. The minimum absolute atomic E-state index is 0.0360. The number of nitrogens with zero attached hydrogens (tertiary/aromatic N) is 5. The highest BCUT2D eigenvalue weighted by atomic mass is 35.5. The van der Waals surface area contributed by atoms with Crippen LogP contribution in [0.25, 0.3) is 10.9 Å². The van der Waals surface area contributed by atoms with Crippen molar-refractivity contribution in [1.29, 1.82) is 0 Å². The summed E-state index contributed by atoms with van der Waals surface area (Å²) in [5.41, 5.74) is 1.59. The molecule has 0 spiro atoms. The average Bonchev–Trinajstić information content (AvgIpc) is 3.63. The van der Waals surface area contributed by atoms with Crippen molar-refractivity contribution in [2.24, 2.45) is 0 Å². The van der Waals surface area contributed by atoms with Gasteiger partial charge in [-0.25, -0.2) is 13.4 Å². The van der Waals surface area contributed by atoms with E-state index in [1.807, 2.05) is 7.05 Å². The maximum absolute atomic E-state index is 13.7. The number of nitrogens with one attached hydrogen (secondary N) is 1. The number of halogens is 1. The number of aromatic nitrogens is 2. The number of aromatic amines is 1. The van der Waals surface area contributed by atoms with Gasteiger partial charge in [0.15, 0.2) is 5.01 Å². The Balaban J connectivity index is 1.26. The Morgan fingerprint density at radius 3 is 2.67 bits per heavy atom. The minimum atomic E-state index is -3.92. The number of carbonyl (C=O) groups is 3. The fraction of sp³-hybridized carbons (Fsp3) is 0.462. The molecule has 1 aromatic carbocycles. The van der Waals surface area contributed by atoms with Crippen LogP contribution in [0.5, 0.6) is 0 Å². The molecule has 11 nitrogen and oxygen atoms in total. The van der Waals surface area contributed by atoms with E-state index in [1.165, 1.54) is 20.5 Å². The van der Waals surface area contributed by atoms with Crippen molar-refractivity contribution in [3.05, 3.63) is 44.9 Å². The number of piperazine rings is 1. The van der Waals surface area contributed by atoms with E-state index in [0.717, 1.165) is 30.1 Å². The number of hydrogen-bond acceptors (Lipinski definition) is 8. The van der Waals surface area contributed by atoms with Gasteiger partial charge in [0.25, 0.3) is 15.9 Å². The summed E-state index contributed by atoms with van der Waals surface area (Å²) in [5, 5.41) is 1.62. The van der Waals surface area contributed by atoms with Gasteiger partial charge >= 0.3 is 0 Å². The molecule has 14 heteroatoms. The van der Waals surface area contributed by atoms with Crippen LogP contribution in [-0.4, -0.2) is 101 Å². The second kappa shape index (κ2) is 10.5. The van der Waals surface area contributed by atoms with Gasteiger partial charge in [0, 0.05) is 85.4 Å². The fourth-order valence-electron chi connectivity index (χ4n) is 5.60. The summed E-state index contributed by atoms with van der Waals surface area (Å²) in [4.78, 5) is 52.0. The van der Waals surface area contributed by atoms with Crippen molar-refractivity contribution in [1.82, 2.24) is 29.0 Å². The second-order valence-electron chi connectivity index (χ2n) is 10.5. The zero-order valence-electron chi connectivity index (χ0n) is 21.9. The van der Waals surface area contributed by atoms with E-state index >= 15 is 0 Å². The van der Waals surface area contributed by atoms with E-state index in [1.54, 1.807) is 29.2 Å². The number of hydrogen-bond donors (Lipinski definition) is 1. The SMILES string of the molecule is CN1CCc2nc(C(=O)N3CCN(S(=O)(=O)c4cc5cc(Cl)ccc5[nH]4)CC3CCN3C(=O)CCC3=O)sc2C1. The molecule has 3 aliphatic heterocycles. The third kappa shape index (κ3) is 5.05. The lowest BCUT2D eigenvalue weighted by atomic mass is 10.1. The number of likely N-dealkylation sites (tertiary alicyclic amines) is 1. The van der Waals surface area contributed by atoms with Gasteiger partial charge < -0.3 is 14.8 Å². The number of fused-ring (bicyclic) bond motifs is 2. The van der Waals surface area contributed by atoms with Crippen LogP contribution in [-0.2, 0) is 32.6 Å². The van der Waals surface area contributed by atoms with Gasteiger partial charge in [-0.3, -0.25) is 19.3 Å². The van der Waals surface area contributed by atoms with Crippen LogP contribution in [0.15, 0.2) is 29.3 Å². The Morgan fingerprint density at radius 1 is 1.12 bits per heavy atom. The van der Waals surface area contributed by atoms with Gasteiger partial charge in [-0.2, -0.15) is 4.31 Å². The normalized spacial score (nSPS) is 21.0. The Hall–Kier alpha value is -2.84. The highest BCUT2D eigenvalue weighted by Crippen LogP contribution is 2.30. The Kier molecular flexibility index (Phi) is 7.20. The molecule has 0 saturated carbocycles. The zero-order chi connectivity index (χ0) is 28.2. The predicted octanol–water partition coefficient (Wildman–Crippen LogP) is 2.32. The number of sulfonamides is 1. The molecule has 2 saturated heterocycles. The van der Waals surface area contributed by atoms with Crippen molar-refractivity contribution in [2.45, 2.75) is 43.3 Å². The fourth-order valence-corrected chi connectivity index (χ4v) is 8.41. The molecular weight excluding hydrogens is 576 g/mol. The molecule has 6 rings (SSSR count). The predicted molar refractivity (Wildman–Crippen MR) is 150 cm³/mol. The summed E-state index contributed by atoms with van der Waals surface area (Å²) in [7, 11) is -1.89. The van der Waals surface area contributed by atoms with Crippen LogP contribution in [0, 0.1) is 0 Å². The first-order valence-electron chi connectivity index (χ1n) is 13.2. The van der Waals surface area contributed by atoms with E-state index < -0.39 is 16.1 Å². The summed E-state index contributed by atoms with van der Waals surface area (Å²) in [6.45, 7) is 2.06. The Bertz CT molecular complexity index is 1600. The van der Waals surface area contributed by atoms with Crippen molar-refractivity contribution in [3.8, 4) is 0 Å². The number of carbonyl (C=O) groups excluding carboxylic acids is 3. The molecule has 212 valence electrons. The number of thiazole rings is 1. The molecule has 0 aliphatic carbocycles. The molecule has 3 aliphatic rings. The number of imide groups is 1. The summed E-state index contributed by atoms with van der Waals surface area (Å²) in [5.74, 6) is -0.725. The summed E-state index contributed by atoms with van der Waals surface area (Å²) >= 11 is 7.47. The molecule has 2 aromatic heterocycles. The quantitative estimate of drug-likeness (QED) is 0.428. The van der Waals surface area contributed by atoms with E-state index in [4.69, 9.17) is 11.6 Å². The summed E-state index contributed by atoms with van der Waals surface area (Å²) in [6, 6.07) is 6.13. The van der Waals surface area contributed by atoms with E-state index in [9.17, 15) is 22.8 Å². The first-order chi connectivity index (χ1) is 19.1. The molecule has 0 radical (unpaired) electrons. The van der Waals surface area contributed by atoms with E-state index in [0.29, 0.717) is 20.9 Å². The van der Waals surface area contributed by atoms with Gasteiger partial charge in [0.1, 0.15) is 5.03 Å².